The maximum absolute atomic E-state index is 7.06. The number of ether oxygens (including phenoxy) is 1. The maximum atomic E-state index is 7.06. The molecule has 3 nitrogen and oxygen atoms in total. The molecule has 6 atom stereocenters. The van der Waals surface area contributed by atoms with Gasteiger partial charge in [-0.3, -0.25) is 0 Å². The Kier molecular flexibility index (Phi) is 5.73. The molecule has 0 radical (unpaired) electrons. The zero-order chi connectivity index (χ0) is 25.8. The fourth-order valence-corrected chi connectivity index (χ4v) is 8.27. The van der Waals surface area contributed by atoms with E-state index in [2.05, 4.69) is 119 Å². The molecule has 2 heterocycles. The molecule has 0 aromatic heterocycles. The van der Waals surface area contributed by atoms with Gasteiger partial charge in [0.2, 0.25) is 0 Å². The number of fused-ring (bicyclic) bond motifs is 6. The van der Waals surface area contributed by atoms with Gasteiger partial charge in [-0.1, -0.05) is 72.8 Å². The van der Waals surface area contributed by atoms with E-state index in [-0.39, 0.29) is 0 Å². The molecule has 0 saturated heterocycles. The van der Waals surface area contributed by atoms with E-state index < -0.39 is 0 Å². The summed E-state index contributed by atoms with van der Waals surface area (Å²) in [6.45, 7) is 0. The topological polar surface area (TPSA) is 15.7 Å². The number of anilines is 4. The molecule has 196 valence electrons. The van der Waals surface area contributed by atoms with Gasteiger partial charge in [-0.05, 0) is 86.1 Å². The van der Waals surface area contributed by atoms with Crippen molar-refractivity contribution in [3.63, 3.8) is 0 Å². The first-order valence-electron chi connectivity index (χ1n) is 14.9. The number of hydrogen-bond acceptors (Lipinski definition) is 3. The van der Waals surface area contributed by atoms with Gasteiger partial charge >= 0.3 is 0 Å². The quantitative estimate of drug-likeness (QED) is 0.272. The van der Waals surface area contributed by atoms with Gasteiger partial charge in [-0.15, -0.1) is 0 Å². The average molecular weight is 513 g/mol. The van der Waals surface area contributed by atoms with Crippen LogP contribution in [-0.2, 0) is 4.74 Å². The highest BCUT2D eigenvalue weighted by Crippen LogP contribution is 2.53. The van der Waals surface area contributed by atoms with Crippen LogP contribution < -0.4 is 9.80 Å². The molecule has 4 aromatic carbocycles. The summed E-state index contributed by atoms with van der Waals surface area (Å²) in [7, 11) is 0. The SMILES string of the molecule is c1ccc(N2c3ccccc3C3CCC(OC4CCC5c6ccccc6N(c6ccccc6)C5C4)CC32)cc1. The molecule has 4 aliphatic rings. The van der Waals surface area contributed by atoms with Crippen molar-refractivity contribution in [1.82, 2.24) is 0 Å². The lowest BCUT2D eigenvalue weighted by atomic mass is 9.79. The number of hydrogen-bond donors (Lipinski definition) is 0. The zero-order valence-electron chi connectivity index (χ0n) is 22.4. The smallest absolute Gasteiger partial charge is 0.0599 e. The molecule has 0 bridgehead atoms. The Morgan fingerprint density at radius 3 is 1.33 bits per heavy atom. The van der Waals surface area contributed by atoms with Gasteiger partial charge in [-0.2, -0.15) is 0 Å². The molecule has 2 aliphatic carbocycles. The molecule has 0 amide bonds. The minimum absolute atomic E-state index is 0.322. The highest BCUT2D eigenvalue weighted by Gasteiger charge is 2.46. The second-order valence-electron chi connectivity index (χ2n) is 11.9. The summed E-state index contributed by atoms with van der Waals surface area (Å²) < 4.78 is 7.06. The molecule has 3 heteroatoms. The number of benzene rings is 4. The van der Waals surface area contributed by atoms with Crippen LogP contribution in [0, 0.1) is 0 Å². The lowest BCUT2D eigenvalue weighted by molar-refractivity contribution is -0.0537. The van der Waals surface area contributed by atoms with Crippen molar-refractivity contribution in [1.29, 1.82) is 0 Å². The van der Waals surface area contributed by atoms with Crippen molar-refractivity contribution < 1.29 is 4.74 Å². The van der Waals surface area contributed by atoms with E-state index in [1.54, 1.807) is 0 Å². The van der Waals surface area contributed by atoms with E-state index >= 15 is 0 Å². The normalized spacial score (nSPS) is 28.9. The molecule has 6 unspecified atom stereocenters. The minimum Gasteiger partial charge on any atom is -0.375 e. The van der Waals surface area contributed by atoms with Crippen molar-refractivity contribution >= 4 is 22.7 Å². The van der Waals surface area contributed by atoms with Gasteiger partial charge in [0.15, 0.2) is 0 Å². The van der Waals surface area contributed by atoms with E-state index in [0.29, 0.717) is 36.1 Å². The Balaban J connectivity index is 1.03. The molecule has 2 fully saturated rings. The maximum Gasteiger partial charge on any atom is 0.0599 e. The van der Waals surface area contributed by atoms with E-state index in [0.717, 1.165) is 25.7 Å². The summed E-state index contributed by atoms with van der Waals surface area (Å²) in [6, 6.07) is 41.0. The number of para-hydroxylation sites is 4. The van der Waals surface area contributed by atoms with Crippen LogP contribution in [0.2, 0.25) is 0 Å². The predicted octanol–water partition coefficient (Wildman–Crippen LogP) is 8.72. The standard InChI is InChI=1S/C36H36N2O/c1-3-11-25(12-4-1)37-33-17-9-7-15-29(33)31-21-19-27(23-35(31)37)39-28-20-22-32-30-16-8-10-18-34(30)38(36(32)24-28)26-13-5-2-6-14-26/h1-18,27-28,31-32,35-36H,19-24H2. The Labute approximate surface area is 232 Å². The van der Waals surface area contributed by atoms with Crippen molar-refractivity contribution in [2.24, 2.45) is 0 Å². The first-order valence-corrected chi connectivity index (χ1v) is 14.9. The van der Waals surface area contributed by atoms with Crippen LogP contribution in [0.15, 0.2) is 109 Å². The van der Waals surface area contributed by atoms with E-state index in [9.17, 15) is 0 Å². The third-order valence-electron chi connectivity index (χ3n) is 9.85. The van der Waals surface area contributed by atoms with Crippen LogP contribution in [0.4, 0.5) is 22.7 Å². The monoisotopic (exact) mass is 512 g/mol. The molecule has 0 N–H and O–H groups in total. The van der Waals surface area contributed by atoms with Crippen molar-refractivity contribution in [3.05, 3.63) is 120 Å². The molecular formula is C36H36N2O. The van der Waals surface area contributed by atoms with E-state index in [1.165, 1.54) is 46.7 Å². The van der Waals surface area contributed by atoms with Crippen LogP contribution in [-0.4, -0.2) is 24.3 Å². The van der Waals surface area contributed by atoms with Gasteiger partial charge in [0.25, 0.3) is 0 Å². The molecule has 8 rings (SSSR count). The summed E-state index contributed by atoms with van der Waals surface area (Å²) in [5.41, 5.74) is 8.44. The van der Waals surface area contributed by atoms with Crippen LogP contribution in [0.25, 0.3) is 0 Å². The molecular weight excluding hydrogens is 476 g/mol. The van der Waals surface area contributed by atoms with Gasteiger partial charge in [0.05, 0.1) is 12.2 Å². The Morgan fingerprint density at radius 1 is 0.462 bits per heavy atom. The average Bonchev–Trinajstić information content (AvgIpc) is 3.50. The highest BCUT2D eigenvalue weighted by atomic mass is 16.5. The van der Waals surface area contributed by atoms with Crippen LogP contribution in [0.5, 0.6) is 0 Å². The fourth-order valence-electron chi connectivity index (χ4n) is 8.27. The lowest BCUT2D eigenvalue weighted by Gasteiger charge is -2.41. The Morgan fingerprint density at radius 2 is 0.872 bits per heavy atom. The zero-order valence-corrected chi connectivity index (χ0v) is 22.4. The van der Waals surface area contributed by atoms with Gasteiger partial charge in [-0.25, -0.2) is 0 Å². The van der Waals surface area contributed by atoms with Crippen LogP contribution in [0.1, 0.15) is 61.5 Å². The third-order valence-corrected chi connectivity index (χ3v) is 9.85. The Bertz CT molecular complexity index is 1340. The van der Waals surface area contributed by atoms with Crippen LogP contribution in [0.3, 0.4) is 0 Å². The largest absolute Gasteiger partial charge is 0.375 e. The minimum atomic E-state index is 0.322. The van der Waals surface area contributed by atoms with Gasteiger partial charge < -0.3 is 14.5 Å². The summed E-state index contributed by atoms with van der Waals surface area (Å²) in [6.07, 6.45) is 7.57. The van der Waals surface area contributed by atoms with E-state index in [1.807, 2.05) is 0 Å². The van der Waals surface area contributed by atoms with E-state index in [4.69, 9.17) is 4.74 Å². The molecule has 2 saturated carbocycles. The third kappa shape index (κ3) is 3.90. The predicted molar refractivity (Wildman–Crippen MR) is 159 cm³/mol. The highest BCUT2D eigenvalue weighted by molar-refractivity contribution is 5.74. The first kappa shape index (κ1) is 23.3. The summed E-state index contributed by atoms with van der Waals surface area (Å²) in [5.74, 6) is 1.18. The van der Waals surface area contributed by atoms with Crippen molar-refractivity contribution in [3.8, 4) is 0 Å². The fraction of sp³-hybridized carbons (Fsp3) is 0.333. The van der Waals surface area contributed by atoms with Gasteiger partial charge in [0, 0.05) is 46.7 Å². The first-order chi connectivity index (χ1) is 19.3. The number of nitrogens with zero attached hydrogens (tertiary/aromatic N) is 2. The summed E-state index contributed by atoms with van der Waals surface area (Å²) in [5, 5.41) is 0. The Hall–Kier alpha value is -3.56. The van der Waals surface area contributed by atoms with Crippen molar-refractivity contribution in [2.75, 3.05) is 9.80 Å². The molecule has 4 aromatic rings. The molecule has 0 spiro atoms. The molecule has 2 aliphatic heterocycles. The van der Waals surface area contributed by atoms with Gasteiger partial charge in [0.1, 0.15) is 0 Å². The van der Waals surface area contributed by atoms with Crippen LogP contribution >= 0.6 is 0 Å². The summed E-state index contributed by atoms with van der Waals surface area (Å²) >= 11 is 0. The summed E-state index contributed by atoms with van der Waals surface area (Å²) in [4.78, 5) is 5.22. The second-order valence-corrected chi connectivity index (χ2v) is 11.9. The lowest BCUT2D eigenvalue weighted by Crippen LogP contribution is -2.43. The second kappa shape index (κ2) is 9.57. The number of rotatable bonds is 4. The van der Waals surface area contributed by atoms with Crippen molar-refractivity contribution in [2.45, 2.75) is 74.7 Å². The molecule has 39 heavy (non-hydrogen) atoms.